The van der Waals surface area contributed by atoms with Crippen molar-refractivity contribution in [1.29, 1.82) is 0 Å². The molecule has 0 amide bonds. The molecule has 0 N–H and O–H groups in total. The Bertz CT molecular complexity index is 786. The van der Waals surface area contributed by atoms with E-state index in [1.807, 2.05) is 54.6 Å². The molecule has 0 radical (unpaired) electrons. The molecule has 0 aliphatic heterocycles. The molecule has 2 atom stereocenters. The Labute approximate surface area is 152 Å². The number of hydrogen-bond acceptors (Lipinski definition) is 5. The molecule has 0 spiro atoms. The molecular formula is C21H22O5. The van der Waals surface area contributed by atoms with Crippen LogP contribution in [0.1, 0.15) is 17.5 Å². The molecule has 0 aromatic heterocycles. The minimum absolute atomic E-state index is 0.369. The monoisotopic (exact) mass is 354 g/mol. The zero-order valence-corrected chi connectivity index (χ0v) is 14.9. The molecule has 0 heterocycles. The highest BCUT2D eigenvalue weighted by molar-refractivity contribution is 5.91. The lowest BCUT2D eigenvalue weighted by atomic mass is 9.93. The number of carbonyl (C=O) groups excluding carboxylic acids is 2. The first-order valence-corrected chi connectivity index (χ1v) is 8.51. The van der Waals surface area contributed by atoms with Crippen LogP contribution in [0.2, 0.25) is 0 Å². The van der Waals surface area contributed by atoms with Gasteiger partial charge in [-0.1, -0.05) is 42.5 Å². The maximum Gasteiger partial charge on any atom is 0.313 e. The van der Waals surface area contributed by atoms with E-state index in [1.165, 1.54) is 14.2 Å². The highest BCUT2D eigenvalue weighted by Gasteiger charge is 2.65. The predicted molar refractivity (Wildman–Crippen MR) is 95.5 cm³/mol. The predicted octanol–water partition coefficient (Wildman–Crippen LogP) is 3.16. The van der Waals surface area contributed by atoms with Crippen molar-refractivity contribution in [3.63, 3.8) is 0 Å². The quantitative estimate of drug-likeness (QED) is 0.715. The van der Waals surface area contributed by atoms with Gasteiger partial charge in [-0.3, -0.25) is 9.59 Å². The SMILES string of the molecule is COC(=O)C1CC1(Cc1cccc(OCc2ccccc2)c1)C(=O)OC. The van der Waals surface area contributed by atoms with E-state index >= 15 is 0 Å². The van der Waals surface area contributed by atoms with E-state index in [0.717, 1.165) is 16.9 Å². The summed E-state index contributed by atoms with van der Waals surface area (Å²) >= 11 is 0. The van der Waals surface area contributed by atoms with E-state index in [2.05, 4.69) is 0 Å². The summed E-state index contributed by atoms with van der Waals surface area (Å²) in [6.07, 6.45) is 0.865. The standard InChI is InChI=1S/C21H22O5/c1-24-19(22)18-13-21(18,20(23)25-2)12-16-9-6-10-17(11-16)26-14-15-7-4-3-5-8-15/h3-11,18H,12-14H2,1-2H3. The molecule has 136 valence electrons. The third-order valence-electron chi connectivity index (χ3n) is 4.82. The molecule has 1 saturated carbocycles. The van der Waals surface area contributed by atoms with Gasteiger partial charge in [0.1, 0.15) is 12.4 Å². The summed E-state index contributed by atoms with van der Waals surface area (Å²) < 4.78 is 15.6. The zero-order chi connectivity index (χ0) is 18.6. The van der Waals surface area contributed by atoms with Gasteiger partial charge in [-0.2, -0.15) is 0 Å². The number of benzene rings is 2. The fraction of sp³-hybridized carbons (Fsp3) is 0.333. The summed E-state index contributed by atoms with van der Waals surface area (Å²) in [5, 5.41) is 0. The van der Waals surface area contributed by atoms with Gasteiger partial charge in [0.2, 0.25) is 0 Å². The van der Waals surface area contributed by atoms with Gasteiger partial charge in [0, 0.05) is 0 Å². The number of hydrogen-bond donors (Lipinski definition) is 0. The Balaban J connectivity index is 1.71. The largest absolute Gasteiger partial charge is 0.489 e. The van der Waals surface area contributed by atoms with Crippen LogP contribution in [0, 0.1) is 11.3 Å². The Hall–Kier alpha value is -2.82. The van der Waals surface area contributed by atoms with Crippen molar-refractivity contribution in [2.45, 2.75) is 19.4 Å². The Morgan fingerprint density at radius 1 is 1.00 bits per heavy atom. The first-order valence-electron chi connectivity index (χ1n) is 8.51. The maximum atomic E-state index is 12.3. The highest BCUT2D eigenvalue weighted by atomic mass is 16.5. The third kappa shape index (κ3) is 3.72. The smallest absolute Gasteiger partial charge is 0.313 e. The molecule has 5 nitrogen and oxygen atoms in total. The van der Waals surface area contributed by atoms with Crippen LogP contribution in [0.25, 0.3) is 0 Å². The number of rotatable bonds is 7. The van der Waals surface area contributed by atoms with Crippen molar-refractivity contribution in [3.05, 3.63) is 65.7 Å². The van der Waals surface area contributed by atoms with Gasteiger partial charge in [-0.15, -0.1) is 0 Å². The van der Waals surface area contributed by atoms with Gasteiger partial charge in [0.15, 0.2) is 0 Å². The summed E-state index contributed by atoms with van der Waals surface area (Å²) in [7, 11) is 2.68. The molecule has 2 aromatic carbocycles. The van der Waals surface area contributed by atoms with Gasteiger partial charge in [-0.25, -0.2) is 0 Å². The molecule has 0 saturated heterocycles. The lowest BCUT2D eigenvalue weighted by Gasteiger charge is -2.15. The van der Waals surface area contributed by atoms with E-state index in [9.17, 15) is 9.59 Å². The number of ether oxygens (including phenoxy) is 3. The lowest BCUT2D eigenvalue weighted by Crippen LogP contribution is -2.25. The summed E-state index contributed by atoms with van der Waals surface area (Å²) in [6, 6.07) is 17.5. The topological polar surface area (TPSA) is 61.8 Å². The van der Waals surface area contributed by atoms with Crippen molar-refractivity contribution < 1.29 is 23.8 Å². The fourth-order valence-corrected chi connectivity index (χ4v) is 3.30. The number of carbonyl (C=O) groups is 2. The molecule has 1 aliphatic rings. The van der Waals surface area contributed by atoms with Crippen LogP contribution in [-0.2, 0) is 32.1 Å². The minimum atomic E-state index is -0.833. The first kappa shape index (κ1) is 18.0. The van der Waals surface area contributed by atoms with Crippen LogP contribution in [-0.4, -0.2) is 26.2 Å². The van der Waals surface area contributed by atoms with Crippen LogP contribution in [0.15, 0.2) is 54.6 Å². The van der Waals surface area contributed by atoms with E-state index in [1.54, 1.807) is 0 Å². The summed E-state index contributed by atoms with van der Waals surface area (Å²) in [5.41, 5.74) is 1.17. The van der Waals surface area contributed by atoms with Crippen LogP contribution in [0.5, 0.6) is 5.75 Å². The third-order valence-corrected chi connectivity index (χ3v) is 4.82. The van der Waals surface area contributed by atoms with Gasteiger partial charge >= 0.3 is 11.9 Å². The summed E-state index contributed by atoms with van der Waals surface area (Å²) in [5.74, 6) is -0.467. The summed E-state index contributed by atoms with van der Waals surface area (Å²) in [6.45, 7) is 0.469. The number of methoxy groups -OCH3 is 2. The first-order chi connectivity index (χ1) is 12.6. The Kier molecular flexibility index (Phi) is 5.26. The molecular weight excluding hydrogens is 332 g/mol. The van der Waals surface area contributed by atoms with Gasteiger partial charge in [-0.05, 0) is 36.1 Å². The highest BCUT2D eigenvalue weighted by Crippen LogP contribution is 2.56. The van der Waals surface area contributed by atoms with Crippen LogP contribution >= 0.6 is 0 Å². The average molecular weight is 354 g/mol. The molecule has 5 heteroatoms. The van der Waals surface area contributed by atoms with E-state index < -0.39 is 11.3 Å². The van der Waals surface area contributed by atoms with Crippen LogP contribution in [0.4, 0.5) is 0 Å². The van der Waals surface area contributed by atoms with Crippen molar-refractivity contribution in [1.82, 2.24) is 0 Å². The van der Waals surface area contributed by atoms with E-state index in [0.29, 0.717) is 19.4 Å². The summed E-state index contributed by atoms with van der Waals surface area (Å²) in [4.78, 5) is 24.1. The molecule has 26 heavy (non-hydrogen) atoms. The lowest BCUT2D eigenvalue weighted by molar-refractivity contribution is -0.152. The molecule has 2 aromatic rings. The molecule has 1 fully saturated rings. The van der Waals surface area contributed by atoms with Crippen LogP contribution < -0.4 is 4.74 Å². The zero-order valence-electron chi connectivity index (χ0n) is 14.9. The molecule has 3 rings (SSSR count). The molecule has 1 aliphatic carbocycles. The Morgan fingerprint density at radius 3 is 2.42 bits per heavy atom. The van der Waals surface area contributed by atoms with E-state index in [-0.39, 0.29) is 11.9 Å². The second-order valence-corrected chi connectivity index (χ2v) is 6.53. The minimum Gasteiger partial charge on any atom is -0.489 e. The van der Waals surface area contributed by atoms with E-state index in [4.69, 9.17) is 14.2 Å². The molecule has 0 bridgehead atoms. The second-order valence-electron chi connectivity index (χ2n) is 6.53. The average Bonchev–Trinajstić information content (AvgIpc) is 3.41. The maximum absolute atomic E-state index is 12.3. The number of esters is 2. The normalized spacial score (nSPS) is 20.9. The van der Waals surface area contributed by atoms with Crippen molar-refractivity contribution >= 4 is 11.9 Å². The van der Waals surface area contributed by atoms with Crippen molar-refractivity contribution in [2.24, 2.45) is 11.3 Å². The molecule has 2 unspecified atom stereocenters. The van der Waals surface area contributed by atoms with Crippen molar-refractivity contribution in [2.75, 3.05) is 14.2 Å². The van der Waals surface area contributed by atoms with Crippen LogP contribution in [0.3, 0.4) is 0 Å². The second kappa shape index (κ2) is 7.60. The fourth-order valence-electron chi connectivity index (χ4n) is 3.30. The Morgan fingerprint density at radius 2 is 1.73 bits per heavy atom. The van der Waals surface area contributed by atoms with Gasteiger partial charge in [0.25, 0.3) is 0 Å². The van der Waals surface area contributed by atoms with Gasteiger partial charge in [0.05, 0.1) is 25.6 Å². The van der Waals surface area contributed by atoms with Gasteiger partial charge < -0.3 is 14.2 Å². The van der Waals surface area contributed by atoms with Crippen molar-refractivity contribution in [3.8, 4) is 5.75 Å².